The quantitative estimate of drug-likeness (QED) is 0.888. The van der Waals surface area contributed by atoms with E-state index in [1.807, 2.05) is 31.3 Å². The Bertz CT molecular complexity index is 625. The molecule has 1 aliphatic carbocycles. The van der Waals surface area contributed by atoms with Gasteiger partial charge in [-0.2, -0.15) is 0 Å². The molecule has 1 unspecified atom stereocenters. The van der Waals surface area contributed by atoms with Gasteiger partial charge in [-0.3, -0.25) is 0 Å². The molecule has 2 aromatic rings. The first-order chi connectivity index (χ1) is 10.2. The zero-order valence-electron chi connectivity index (χ0n) is 11.8. The summed E-state index contributed by atoms with van der Waals surface area (Å²) < 4.78 is 19.0. The molecule has 1 saturated carbocycles. The van der Waals surface area contributed by atoms with Gasteiger partial charge in [-0.1, -0.05) is 29.8 Å². The van der Waals surface area contributed by atoms with E-state index < -0.39 is 5.82 Å². The van der Waals surface area contributed by atoms with Crippen LogP contribution >= 0.6 is 11.6 Å². The minimum absolute atomic E-state index is 0.0296. The Morgan fingerprint density at radius 1 is 1.14 bits per heavy atom. The van der Waals surface area contributed by atoms with Crippen LogP contribution in [-0.4, -0.2) is 13.2 Å². The molecule has 2 nitrogen and oxygen atoms in total. The molecule has 0 spiro atoms. The zero-order chi connectivity index (χ0) is 14.8. The molecule has 1 aliphatic rings. The Hall–Kier alpha value is -1.58. The normalized spacial score (nSPS) is 15.8. The largest absolute Gasteiger partial charge is 0.490 e. The number of benzene rings is 2. The molecule has 0 bridgehead atoms. The second kappa shape index (κ2) is 6.04. The van der Waals surface area contributed by atoms with Crippen molar-refractivity contribution in [2.45, 2.75) is 25.0 Å². The van der Waals surface area contributed by atoms with Gasteiger partial charge < -0.3 is 10.1 Å². The number of ether oxygens (including phenoxy) is 1. The predicted octanol–water partition coefficient (Wildman–Crippen LogP) is 4.33. The highest BCUT2D eigenvalue weighted by atomic mass is 35.5. The Morgan fingerprint density at radius 2 is 1.81 bits per heavy atom. The van der Waals surface area contributed by atoms with E-state index in [-0.39, 0.29) is 11.1 Å². The second-order valence-corrected chi connectivity index (χ2v) is 5.69. The number of halogens is 2. The Labute approximate surface area is 128 Å². The van der Waals surface area contributed by atoms with Crippen molar-refractivity contribution in [2.75, 3.05) is 7.05 Å². The van der Waals surface area contributed by atoms with Crippen LogP contribution in [0.25, 0.3) is 0 Å². The molecule has 3 rings (SSSR count). The van der Waals surface area contributed by atoms with Gasteiger partial charge in [0.1, 0.15) is 11.6 Å². The highest BCUT2D eigenvalue weighted by Gasteiger charge is 2.23. The Balaban J connectivity index is 1.82. The lowest BCUT2D eigenvalue weighted by molar-refractivity contribution is 0.303. The van der Waals surface area contributed by atoms with E-state index in [0.29, 0.717) is 6.10 Å². The molecule has 1 N–H and O–H groups in total. The zero-order valence-corrected chi connectivity index (χ0v) is 12.5. The van der Waals surface area contributed by atoms with Gasteiger partial charge in [-0.25, -0.2) is 4.39 Å². The van der Waals surface area contributed by atoms with Gasteiger partial charge in [0.15, 0.2) is 0 Å². The van der Waals surface area contributed by atoms with Gasteiger partial charge in [0.25, 0.3) is 0 Å². The number of nitrogens with one attached hydrogen (secondary N) is 1. The van der Waals surface area contributed by atoms with E-state index in [4.69, 9.17) is 16.3 Å². The lowest BCUT2D eigenvalue weighted by Crippen LogP contribution is -2.17. The summed E-state index contributed by atoms with van der Waals surface area (Å²) in [5.74, 6) is 0.497. The van der Waals surface area contributed by atoms with Crippen LogP contribution < -0.4 is 10.1 Å². The topological polar surface area (TPSA) is 21.3 Å². The van der Waals surface area contributed by atoms with Crippen LogP contribution in [0.15, 0.2) is 42.5 Å². The van der Waals surface area contributed by atoms with Crippen LogP contribution in [0.4, 0.5) is 4.39 Å². The van der Waals surface area contributed by atoms with E-state index in [1.54, 1.807) is 12.1 Å². The lowest BCUT2D eigenvalue weighted by Gasteiger charge is -2.18. The van der Waals surface area contributed by atoms with Gasteiger partial charge in [0, 0.05) is 0 Å². The Kier molecular flexibility index (Phi) is 4.13. The first kappa shape index (κ1) is 14.4. The molecule has 4 heteroatoms. The van der Waals surface area contributed by atoms with Crippen molar-refractivity contribution < 1.29 is 9.13 Å². The summed E-state index contributed by atoms with van der Waals surface area (Å²) in [6, 6.07) is 12.8. The van der Waals surface area contributed by atoms with Crippen LogP contribution in [0.2, 0.25) is 5.02 Å². The molecule has 1 fully saturated rings. The van der Waals surface area contributed by atoms with Gasteiger partial charge in [0.05, 0.1) is 17.2 Å². The molecule has 1 atom stereocenters. The molecular weight excluding hydrogens is 289 g/mol. The fourth-order valence-electron chi connectivity index (χ4n) is 2.33. The molecule has 0 saturated heterocycles. The van der Waals surface area contributed by atoms with E-state index in [2.05, 4.69) is 5.32 Å². The number of hydrogen-bond donors (Lipinski definition) is 1. The van der Waals surface area contributed by atoms with E-state index >= 15 is 0 Å². The molecule has 110 valence electrons. The summed E-state index contributed by atoms with van der Waals surface area (Å²) in [4.78, 5) is 0. The van der Waals surface area contributed by atoms with Crippen LogP contribution in [0.1, 0.15) is 30.0 Å². The number of hydrogen-bond acceptors (Lipinski definition) is 2. The summed E-state index contributed by atoms with van der Waals surface area (Å²) >= 11 is 5.87. The first-order valence-electron chi connectivity index (χ1n) is 7.06. The van der Waals surface area contributed by atoms with Crippen molar-refractivity contribution in [1.29, 1.82) is 0 Å². The van der Waals surface area contributed by atoms with Crippen molar-refractivity contribution in [3.8, 4) is 5.75 Å². The Morgan fingerprint density at radius 3 is 2.38 bits per heavy atom. The highest BCUT2D eigenvalue weighted by molar-refractivity contribution is 6.30. The van der Waals surface area contributed by atoms with Gasteiger partial charge in [-0.15, -0.1) is 0 Å². The maximum atomic E-state index is 13.3. The minimum atomic E-state index is -0.400. The number of rotatable bonds is 5. The summed E-state index contributed by atoms with van der Waals surface area (Å²) in [5, 5.41) is 3.37. The minimum Gasteiger partial charge on any atom is -0.490 e. The third-order valence-electron chi connectivity index (χ3n) is 3.61. The van der Waals surface area contributed by atoms with Crippen molar-refractivity contribution in [3.05, 3.63) is 64.4 Å². The fraction of sp³-hybridized carbons (Fsp3) is 0.294. The molecule has 2 aromatic carbocycles. The van der Waals surface area contributed by atoms with Crippen molar-refractivity contribution >= 4 is 11.6 Å². The van der Waals surface area contributed by atoms with Crippen LogP contribution in [0.5, 0.6) is 5.75 Å². The second-order valence-electron chi connectivity index (χ2n) is 5.28. The molecule has 21 heavy (non-hydrogen) atoms. The van der Waals surface area contributed by atoms with Gasteiger partial charge >= 0.3 is 0 Å². The van der Waals surface area contributed by atoms with Crippen LogP contribution in [0, 0.1) is 5.82 Å². The van der Waals surface area contributed by atoms with Crippen molar-refractivity contribution in [1.82, 2.24) is 5.32 Å². The summed E-state index contributed by atoms with van der Waals surface area (Å²) in [6.45, 7) is 0. The lowest BCUT2D eigenvalue weighted by atomic mass is 9.99. The molecule has 0 aromatic heterocycles. The van der Waals surface area contributed by atoms with Gasteiger partial charge in [0.2, 0.25) is 0 Å². The standard InChI is InChI=1S/C17H17ClFNO/c1-20-17(12-4-9-16(19)15(18)10-12)11-2-5-13(6-3-11)21-14-7-8-14/h2-6,9-10,14,17,20H,7-8H2,1H3. The molecule has 0 radical (unpaired) electrons. The molecular formula is C17H17ClFNO. The van der Waals surface area contributed by atoms with E-state index in [9.17, 15) is 4.39 Å². The molecule has 0 aliphatic heterocycles. The van der Waals surface area contributed by atoms with Crippen LogP contribution in [-0.2, 0) is 0 Å². The smallest absolute Gasteiger partial charge is 0.141 e. The van der Waals surface area contributed by atoms with Gasteiger partial charge in [-0.05, 0) is 55.3 Å². The van der Waals surface area contributed by atoms with Crippen molar-refractivity contribution in [2.24, 2.45) is 0 Å². The third kappa shape index (κ3) is 3.36. The maximum Gasteiger partial charge on any atom is 0.141 e. The first-order valence-corrected chi connectivity index (χ1v) is 7.44. The fourth-order valence-corrected chi connectivity index (χ4v) is 2.52. The summed E-state index contributed by atoms with van der Waals surface area (Å²) in [6.07, 6.45) is 2.69. The molecule has 0 amide bonds. The van der Waals surface area contributed by atoms with Crippen LogP contribution in [0.3, 0.4) is 0 Å². The van der Waals surface area contributed by atoms with Crippen molar-refractivity contribution in [3.63, 3.8) is 0 Å². The SMILES string of the molecule is CNC(c1ccc(OC2CC2)cc1)c1ccc(F)c(Cl)c1. The average Bonchev–Trinajstić information content (AvgIpc) is 3.29. The third-order valence-corrected chi connectivity index (χ3v) is 3.90. The highest BCUT2D eigenvalue weighted by Crippen LogP contribution is 2.29. The van der Waals surface area contributed by atoms with E-state index in [0.717, 1.165) is 29.7 Å². The summed E-state index contributed by atoms with van der Waals surface area (Å²) in [7, 11) is 1.87. The van der Waals surface area contributed by atoms with E-state index in [1.165, 1.54) is 6.07 Å². The summed E-state index contributed by atoms with van der Waals surface area (Å²) in [5.41, 5.74) is 2.02. The average molecular weight is 306 g/mol. The monoisotopic (exact) mass is 305 g/mol. The maximum absolute atomic E-state index is 13.3. The molecule has 0 heterocycles. The predicted molar refractivity (Wildman–Crippen MR) is 82.4 cm³/mol.